The highest BCUT2D eigenvalue weighted by Gasteiger charge is 2.29. The Morgan fingerprint density at radius 2 is 1.06 bits per heavy atom. The molecule has 94 valence electrons. The molecular formula is C14H10Br4. The molecule has 0 aliphatic heterocycles. The molecular weight excluding hydrogens is 488 g/mol. The predicted molar refractivity (Wildman–Crippen MR) is 91.8 cm³/mol. The third-order valence-electron chi connectivity index (χ3n) is 2.79. The van der Waals surface area contributed by atoms with E-state index >= 15 is 0 Å². The van der Waals surface area contributed by atoms with Crippen molar-refractivity contribution >= 4 is 63.7 Å². The topological polar surface area (TPSA) is 0 Å². The van der Waals surface area contributed by atoms with Crippen LogP contribution in [0.1, 0.15) is 11.1 Å². The summed E-state index contributed by atoms with van der Waals surface area (Å²) in [6.07, 6.45) is 0. The van der Waals surface area contributed by atoms with Crippen molar-refractivity contribution < 1.29 is 0 Å². The quantitative estimate of drug-likeness (QED) is 0.440. The van der Waals surface area contributed by atoms with E-state index in [1.807, 2.05) is 0 Å². The van der Waals surface area contributed by atoms with Crippen molar-refractivity contribution in [1.82, 2.24) is 0 Å². The fourth-order valence-electron chi connectivity index (χ4n) is 1.75. The van der Waals surface area contributed by atoms with E-state index in [-0.39, 0.29) is 4.32 Å². The summed E-state index contributed by atoms with van der Waals surface area (Å²) >= 11 is 14.4. The first-order chi connectivity index (χ1) is 8.56. The average Bonchev–Trinajstić information content (AvgIpc) is 2.39. The molecule has 18 heavy (non-hydrogen) atoms. The molecule has 0 fully saturated rings. The fraction of sp³-hybridized carbons (Fsp3) is 0.143. The lowest BCUT2D eigenvalue weighted by Crippen LogP contribution is -2.21. The maximum Gasteiger partial charge on any atom is 0.0851 e. The van der Waals surface area contributed by atoms with Crippen molar-refractivity contribution in [3.05, 3.63) is 68.6 Å². The van der Waals surface area contributed by atoms with Gasteiger partial charge in [-0.15, -0.1) is 0 Å². The summed E-state index contributed by atoms with van der Waals surface area (Å²) in [4.78, 5) is 0. The molecule has 0 nitrogen and oxygen atoms in total. The van der Waals surface area contributed by atoms with Gasteiger partial charge in [0, 0.05) is 14.3 Å². The van der Waals surface area contributed by atoms with Crippen molar-refractivity contribution in [1.29, 1.82) is 0 Å². The lowest BCUT2D eigenvalue weighted by Gasteiger charge is -2.26. The molecule has 4 heteroatoms. The van der Waals surface area contributed by atoms with Gasteiger partial charge < -0.3 is 0 Å². The molecule has 0 N–H and O–H groups in total. The summed E-state index contributed by atoms with van der Waals surface area (Å²) in [5.74, 6) is 0. The smallest absolute Gasteiger partial charge is 0.0851 e. The number of halogens is 4. The normalized spacial score (nSPS) is 11.6. The molecule has 0 aromatic heterocycles. The van der Waals surface area contributed by atoms with Crippen molar-refractivity contribution in [2.24, 2.45) is 0 Å². The second-order valence-electron chi connectivity index (χ2n) is 3.95. The van der Waals surface area contributed by atoms with E-state index in [0.29, 0.717) is 0 Å². The minimum atomic E-state index is -0.200. The van der Waals surface area contributed by atoms with Crippen molar-refractivity contribution in [2.75, 3.05) is 5.33 Å². The lowest BCUT2D eigenvalue weighted by atomic mass is 9.93. The summed E-state index contributed by atoms with van der Waals surface area (Å²) in [7, 11) is 0. The van der Waals surface area contributed by atoms with E-state index in [2.05, 4.69) is 112 Å². The zero-order valence-corrected chi connectivity index (χ0v) is 15.7. The number of benzene rings is 2. The fourth-order valence-corrected chi connectivity index (χ4v) is 3.45. The number of alkyl halides is 2. The van der Waals surface area contributed by atoms with Crippen LogP contribution in [0.3, 0.4) is 0 Å². The second kappa shape index (κ2) is 6.21. The van der Waals surface area contributed by atoms with Crippen LogP contribution >= 0.6 is 63.7 Å². The Labute approximate surface area is 141 Å². The molecule has 0 amide bonds. The van der Waals surface area contributed by atoms with Crippen LogP contribution in [0.15, 0.2) is 57.5 Å². The highest BCUT2D eigenvalue weighted by molar-refractivity contribution is 9.12. The van der Waals surface area contributed by atoms with E-state index in [9.17, 15) is 0 Å². The Morgan fingerprint density at radius 1 is 0.722 bits per heavy atom. The van der Waals surface area contributed by atoms with E-state index in [1.54, 1.807) is 0 Å². The lowest BCUT2D eigenvalue weighted by molar-refractivity contribution is 0.880. The highest BCUT2D eigenvalue weighted by Crippen LogP contribution is 2.40. The van der Waals surface area contributed by atoms with Gasteiger partial charge in [-0.2, -0.15) is 0 Å². The maximum atomic E-state index is 3.87. The van der Waals surface area contributed by atoms with E-state index in [0.717, 1.165) is 14.3 Å². The summed E-state index contributed by atoms with van der Waals surface area (Å²) < 4.78 is 1.98. The summed E-state index contributed by atoms with van der Waals surface area (Å²) in [6, 6.07) is 16.8. The monoisotopic (exact) mass is 494 g/mol. The molecule has 2 aromatic carbocycles. The first kappa shape index (κ1) is 14.8. The van der Waals surface area contributed by atoms with Crippen LogP contribution < -0.4 is 0 Å². The molecule has 0 radical (unpaired) electrons. The van der Waals surface area contributed by atoms with Crippen LogP contribution in [0.4, 0.5) is 0 Å². The van der Waals surface area contributed by atoms with Crippen molar-refractivity contribution in [2.45, 2.75) is 4.32 Å². The van der Waals surface area contributed by atoms with Crippen molar-refractivity contribution in [3.63, 3.8) is 0 Å². The number of hydrogen-bond donors (Lipinski definition) is 0. The molecule has 0 bridgehead atoms. The molecule has 0 saturated carbocycles. The van der Waals surface area contributed by atoms with Gasteiger partial charge in [0.2, 0.25) is 0 Å². The van der Waals surface area contributed by atoms with E-state index in [4.69, 9.17) is 0 Å². The minimum Gasteiger partial charge on any atom is -0.0905 e. The first-order valence-corrected chi connectivity index (χ1v) is 8.83. The summed E-state index contributed by atoms with van der Waals surface area (Å²) in [5.41, 5.74) is 2.45. The molecule has 0 saturated heterocycles. The van der Waals surface area contributed by atoms with Gasteiger partial charge in [-0.05, 0) is 35.4 Å². The van der Waals surface area contributed by atoms with Crippen LogP contribution in [0.25, 0.3) is 0 Å². The van der Waals surface area contributed by atoms with E-state index < -0.39 is 0 Å². The Morgan fingerprint density at radius 3 is 1.33 bits per heavy atom. The molecule has 2 rings (SSSR count). The molecule has 0 aliphatic rings. The minimum absolute atomic E-state index is 0.200. The van der Waals surface area contributed by atoms with Crippen LogP contribution in [0.2, 0.25) is 0 Å². The molecule has 0 heterocycles. The van der Waals surface area contributed by atoms with Gasteiger partial charge in [0.25, 0.3) is 0 Å². The van der Waals surface area contributed by atoms with E-state index in [1.165, 1.54) is 11.1 Å². The van der Waals surface area contributed by atoms with Gasteiger partial charge in [0.15, 0.2) is 0 Å². The summed E-state index contributed by atoms with van der Waals surface area (Å²) in [6.45, 7) is 0. The predicted octanol–water partition coefficient (Wildman–Crippen LogP) is 6.25. The van der Waals surface area contributed by atoms with Gasteiger partial charge in [-0.3, -0.25) is 0 Å². The molecule has 2 aromatic rings. The Kier molecular flexibility index (Phi) is 5.09. The van der Waals surface area contributed by atoms with Gasteiger partial charge in [0.05, 0.1) is 4.32 Å². The Bertz CT molecular complexity index is 471. The molecule has 0 spiro atoms. The average molecular weight is 498 g/mol. The zero-order chi connectivity index (χ0) is 13.2. The number of hydrogen-bond acceptors (Lipinski definition) is 0. The van der Waals surface area contributed by atoms with Crippen molar-refractivity contribution in [3.8, 4) is 0 Å². The zero-order valence-electron chi connectivity index (χ0n) is 9.34. The van der Waals surface area contributed by atoms with Crippen LogP contribution in [0, 0.1) is 0 Å². The second-order valence-corrected chi connectivity index (χ2v) is 7.69. The number of rotatable bonds is 3. The molecule has 0 atom stereocenters. The van der Waals surface area contributed by atoms with Gasteiger partial charge >= 0.3 is 0 Å². The first-order valence-electron chi connectivity index (χ1n) is 5.33. The SMILES string of the molecule is BrCC(Br)(c1ccc(Br)cc1)c1ccc(Br)cc1. The van der Waals surface area contributed by atoms with Gasteiger partial charge in [-0.1, -0.05) is 88.0 Å². The van der Waals surface area contributed by atoms with Gasteiger partial charge in [-0.25, -0.2) is 0 Å². The van der Waals surface area contributed by atoms with Gasteiger partial charge in [0.1, 0.15) is 0 Å². The van der Waals surface area contributed by atoms with Crippen LogP contribution in [-0.4, -0.2) is 5.33 Å². The highest BCUT2D eigenvalue weighted by atomic mass is 79.9. The maximum absolute atomic E-state index is 3.87. The standard InChI is InChI=1S/C14H10Br4/c15-9-14(18,10-1-5-12(16)6-2-10)11-3-7-13(17)8-4-11/h1-8H,9H2. The third kappa shape index (κ3) is 3.09. The Balaban J connectivity index is 2.47. The van der Waals surface area contributed by atoms with Crippen LogP contribution in [-0.2, 0) is 4.32 Å². The van der Waals surface area contributed by atoms with Crippen LogP contribution in [0.5, 0.6) is 0 Å². The largest absolute Gasteiger partial charge is 0.0905 e. The Hall–Kier alpha value is 0.360. The molecule has 0 unspecified atom stereocenters. The third-order valence-corrected chi connectivity index (χ3v) is 6.63. The molecule has 0 aliphatic carbocycles. The summed E-state index contributed by atoms with van der Waals surface area (Å²) in [5, 5.41) is 0.809.